The van der Waals surface area contributed by atoms with Crippen molar-refractivity contribution < 1.29 is 4.42 Å². The number of fused-ring (bicyclic) bond motifs is 1. The summed E-state index contributed by atoms with van der Waals surface area (Å²) < 4.78 is 6.85. The van der Waals surface area contributed by atoms with Crippen molar-refractivity contribution in [1.29, 1.82) is 10.5 Å². The molecule has 3 rings (SSSR count). The van der Waals surface area contributed by atoms with Gasteiger partial charge in [0.1, 0.15) is 17.7 Å². The summed E-state index contributed by atoms with van der Waals surface area (Å²) in [5.41, 5.74) is 5.23. The maximum atomic E-state index is 8.66. The minimum Gasteiger partial charge on any atom is -0.436 e. The summed E-state index contributed by atoms with van der Waals surface area (Å²) in [6.45, 7) is 0. The van der Waals surface area contributed by atoms with E-state index < -0.39 is 0 Å². The molecule has 0 spiro atoms. The van der Waals surface area contributed by atoms with Crippen LogP contribution in [0.5, 0.6) is 0 Å². The maximum absolute atomic E-state index is 8.66. The van der Waals surface area contributed by atoms with Gasteiger partial charge in [-0.25, -0.2) is 4.98 Å². The standard InChI is InChI=1S/C16H8IN5O/c17-11-3-1-2-10(6-11)16-20-14-7-12(4-5-15(14)23-16)21-22-13(8-18)9-19/h1-7,21H. The highest BCUT2D eigenvalue weighted by atomic mass is 127. The van der Waals surface area contributed by atoms with Gasteiger partial charge in [-0.05, 0) is 59.0 Å². The van der Waals surface area contributed by atoms with Crippen molar-refractivity contribution >= 4 is 45.1 Å². The maximum Gasteiger partial charge on any atom is 0.237 e. The fourth-order valence-electron chi connectivity index (χ4n) is 1.94. The molecule has 6 nitrogen and oxygen atoms in total. The van der Waals surface area contributed by atoms with Gasteiger partial charge in [0.15, 0.2) is 5.58 Å². The van der Waals surface area contributed by atoms with E-state index in [0.717, 1.165) is 9.13 Å². The topological polar surface area (TPSA) is 98.0 Å². The van der Waals surface area contributed by atoms with Crippen molar-refractivity contribution in [3.63, 3.8) is 0 Å². The van der Waals surface area contributed by atoms with Crippen LogP contribution in [0.1, 0.15) is 0 Å². The van der Waals surface area contributed by atoms with Crippen LogP contribution in [0, 0.1) is 26.2 Å². The molecule has 3 aromatic rings. The van der Waals surface area contributed by atoms with Crippen LogP contribution in [-0.4, -0.2) is 10.7 Å². The van der Waals surface area contributed by atoms with Gasteiger partial charge in [-0.15, -0.1) is 0 Å². The highest BCUT2D eigenvalue weighted by Gasteiger charge is 2.09. The molecule has 0 saturated carbocycles. The molecular weight excluding hydrogens is 405 g/mol. The van der Waals surface area contributed by atoms with Crippen LogP contribution < -0.4 is 5.43 Å². The smallest absolute Gasteiger partial charge is 0.237 e. The molecule has 0 bridgehead atoms. The Kier molecular flexibility index (Phi) is 4.22. The third-order valence-electron chi connectivity index (χ3n) is 2.97. The second kappa shape index (κ2) is 6.46. The number of hydrogen-bond donors (Lipinski definition) is 1. The SMILES string of the molecule is N#CC(C#N)=NNc1ccc2oc(-c3cccc(I)c3)nc2c1. The van der Waals surface area contributed by atoms with Gasteiger partial charge in [0.25, 0.3) is 0 Å². The summed E-state index contributed by atoms with van der Waals surface area (Å²) in [6.07, 6.45) is 0. The number of rotatable bonds is 3. The van der Waals surface area contributed by atoms with Crippen LogP contribution in [-0.2, 0) is 0 Å². The number of aromatic nitrogens is 1. The van der Waals surface area contributed by atoms with E-state index in [2.05, 4.69) is 38.1 Å². The molecule has 0 aliphatic heterocycles. The van der Waals surface area contributed by atoms with E-state index in [1.54, 1.807) is 30.3 Å². The molecule has 1 heterocycles. The van der Waals surface area contributed by atoms with Gasteiger partial charge in [-0.3, -0.25) is 5.43 Å². The van der Waals surface area contributed by atoms with E-state index in [4.69, 9.17) is 14.9 Å². The molecule has 0 unspecified atom stereocenters. The second-order valence-electron chi connectivity index (χ2n) is 4.51. The Morgan fingerprint density at radius 3 is 2.74 bits per heavy atom. The lowest BCUT2D eigenvalue weighted by atomic mass is 10.2. The number of nitriles is 2. The average Bonchev–Trinajstić information content (AvgIpc) is 2.99. The summed E-state index contributed by atoms with van der Waals surface area (Å²) in [6, 6.07) is 16.5. The third kappa shape index (κ3) is 3.30. The Morgan fingerprint density at radius 2 is 2.00 bits per heavy atom. The molecule has 7 heteroatoms. The van der Waals surface area contributed by atoms with Gasteiger partial charge in [0, 0.05) is 9.13 Å². The molecule has 0 aliphatic rings. The summed E-state index contributed by atoms with van der Waals surface area (Å²) in [5, 5.41) is 21.0. The molecule has 110 valence electrons. The second-order valence-corrected chi connectivity index (χ2v) is 5.75. The first-order valence-corrected chi connectivity index (χ1v) is 7.58. The van der Waals surface area contributed by atoms with Crippen molar-refractivity contribution in [3.8, 4) is 23.6 Å². The van der Waals surface area contributed by atoms with Gasteiger partial charge in [-0.2, -0.15) is 15.6 Å². The first kappa shape index (κ1) is 15.0. The van der Waals surface area contributed by atoms with Gasteiger partial charge >= 0.3 is 0 Å². The molecule has 2 aromatic carbocycles. The number of hydrogen-bond acceptors (Lipinski definition) is 6. The number of nitrogens with one attached hydrogen (secondary N) is 1. The molecular formula is C16H8IN5O. The van der Waals surface area contributed by atoms with Gasteiger partial charge in [-0.1, -0.05) is 6.07 Å². The predicted molar refractivity (Wildman–Crippen MR) is 94.4 cm³/mol. The van der Waals surface area contributed by atoms with Crippen molar-refractivity contribution in [1.82, 2.24) is 4.98 Å². The number of nitrogens with zero attached hydrogens (tertiary/aromatic N) is 4. The van der Waals surface area contributed by atoms with Crippen molar-refractivity contribution in [2.45, 2.75) is 0 Å². The van der Waals surface area contributed by atoms with Crippen LogP contribution in [0.2, 0.25) is 0 Å². The predicted octanol–water partition coefficient (Wildman–Crippen LogP) is 3.91. The average molecular weight is 413 g/mol. The molecule has 0 amide bonds. The highest BCUT2D eigenvalue weighted by Crippen LogP contribution is 2.27. The van der Waals surface area contributed by atoms with Gasteiger partial charge in [0.05, 0.1) is 5.69 Å². The largest absolute Gasteiger partial charge is 0.436 e. The lowest BCUT2D eigenvalue weighted by Gasteiger charge is -1.97. The molecule has 0 saturated heterocycles. The lowest BCUT2D eigenvalue weighted by Crippen LogP contribution is -1.95. The number of hydrazone groups is 1. The van der Waals surface area contributed by atoms with Crippen molar-refractivity contribution in [3.05, 3.63) is 46.0 Å². The first-order valence-electron chi connectivity index (χ1n) is 6.50. The van der Waals surface area contributed by atoms with Crippen LogP contribution in [0.4, 0.5) is 5.69 Å². The number of benzene rings is 2. The van der Waals surface area contributed by atoms with E-state index in [1.807, 2.05) is 24.3 Å². The molecule has 0 radical (unpaired) electrons. The normalized spacial score (nSPS) is 9.87. The van der Waals surface area contributed by atoms with Crippen LogP contribution in [0.3, 0.4) is 0 Å². The van der Waals surface area contributed by atoms with Crippen molar-refractivity contribution in [2.75, 3.05) is 5.43 Å². The van der Waals surface area contributed by atoms with E-state index in [0.29, 0.717) is 22.7 Å². The van der Waals surface area contributed by atoms with E-state index in [9.17, 15) is 0 Å². The third-order valence-corrected chi connectivity index (χ3v) is 3.64. The zero-order chi connectivity index (χ0) is 16.2. The fourth-order valence-corrected chi connectivity index (χ4v) is 2.48. The lowest BCUT2D eigenvalue weighted by molar-refractivity contribution is 0.620. The summed E-state index contributed by atoms with van der Waals surface area (Å²) in [5.74, 6) is 0.536. The van der Waals surface area contributed by atoms with Gasteiger partial charge in [0.2, 0.25) is 11.6 Å². The summed E-state index contributed by atoms with van der Waals surface area (Å²) >= 11 is 2.23. The first-order chi connectivity index (χ1) is 11.2. The summed E-state index contributed by atoms with van der Waals surface area (Å²) in [4.78, 5) is 4.46. The Balaban J connectivity index is 1.94. The Labute approximate surface area is 145 Å². The van der Waals surface area contributed by atoms with Crippen molar-refractivity contribution in [2.24, 2.45) is 5.10 Å². The Bertz CT molecular complexity index is 978. The molecule has 0 fully saturated rings. The summed E-state index contributed by atoms with van der Waals surface area (Å²) in [7, 11) is 0. The van der Waals surface area contributed by atoms with E-state index >= 15 is 0 Å². The zero-order valence-corrected chi connectivity index (χ0v) is 13.8. The van der Waals surface area contributed by atoms with Crippen LogP contribution in [0.15, 0.2) is 52.0 Å². The molecule has 1 N–H and O–H groups in total. The minimum absolute atomic E-state index is 0.246. The van der Waals surface area contributed by atoms with Crippen LogP contribution in [0.25, 0.3) is 22.6 Å². The zero-order valence-electron chi connectivity index (χ0n) is 11.6. The van der Waals surface area contributed by atoms with Crippen LogP contribution >= 0.6 is 22.6 Å². The minimum atomic E-state index is -0.246. The van der Waals surface area contributed by atoms with E-state index in [-0.39, 0.29) is 5.71 Å². The monoisotopic (exact) mass is 413 g/mol. The molecule has 0 atom stereocenters. The fraction of sp³-hybridized carbons (Fsp3) is 0. The molecule has 0 aliphatic carbocycles. The highest BCUT2D eigenvalue weighted by molar-refractivity contribution is 14.1. The van der Waals surface area contributed by atoms with E-state index in [1.165, 1.54) is 0 Å². The Morgan fingerprint density at radius 1 is 1.17 bits per heavy atom. The molecule has 1 aromatic heterocycles. The molecule has 23 heavy (non-hydrogen) atoms. The Hall–Kier alpha value is -2.91. The number of oxazole rings is 1. The number of anilines is 1. The number of halogens is 1. The quantitative estimate of drug-likeness (QED) is 0.399. The van der Waals surface area contributed by atoms with Gasteiger partial charge < -0.3 is 4.42 Å².